The Labute approximate surface area is 162 Å². The first-order valence-electron chi connectivity index (χ1n) is 3.46. The monoisotopic (exact) mass is 614 g/mol. The van der Waals surface area contributed by atoms with Gasteiger partial charge < -0.3 is 10.4 Å². The molecule has 0 aliphatic heterocycles. The minimum absolute atomic E-state index is 0. The molecule has 0 aliphatic carbocycles. The molecule has 24 nitrogen and oxygen atoms in total. The molecule has 0 aromatic carbocycles. The summed E-state index contributed by atoms with van der Waals surface area (Å²) < 4.78 is 0. The molecule has 0 unspecified atom stereocenters. The Kier molecular flexibility index (Phi) is 63.8. The third-order valence-electron chi connectivity index (χ3n) is 0. The van der Waals surface area contributed by atoms with Crippen LogP contribution in [0.1, 0.15) is 0 Å². The second-order valence-electron chi connectivity index (χ2n) is 1.49. The van der Waals surface area contributed by atoms with E-state index in [1.165, 1.54) is 0 Å². The van der Waals surface area contributed by atoms with Crippen molar-refractivity contribution >= 4 is 0 Å². The summed E-state index contributed by atoms with van der Waals surface area (Å²) in [5, 5.41) is 77.4. The summed E-state index contributed by atoms with van der Waals surface area (Å²) in [4.78, 5) is 50.6. The molecule has 0 aromatic rings. The third kappa shape index (κ3) is 583. The zero-order chi connectivity index (χ0) is 21.5. The Morgan fingerprint density at radius 1 is 0.400 bits per heavy atom. The van der Waals surface area contributed by atoms with Crippen molar-refractivity contribution in [2.75, 3.05) is 0 Å². The van der Waals surface area contributed by atoms with E-state index in [2.05, 4.69) is 0 Å². The van der Waals surface area contributed by atoms with Crippen molar-refractivity contribution in [3.8, 4) is 0 Å². The van der Waals surface area contributed by atoms with Gasteiger partial charge in [-0.3, -0.25) is 0 Å². The van der Waals surface area contributed by atoms with Crippen molar-refractivity contribution in [3.63, 3.8) is 0 Å². The Morgan fingerprint density at radius 3 is 0.400 bits per heavy atom. The SMILES string of the molecule is O=[N+](O)O.O=[N+](O)O.O=[N+](O)O.O=[N+](O)O.O=[N+]([O-])O.O=[N+]([O-])O.[Th]. The molecule has 148 valence electrons. The first kappa shape index (κ1) is 43.0. The van der Waals surface area contributed by atoms with Crippen molar-refractivity contribution in [2.45, 2.75) is 0 Å². The smallest absolute Gasteiger partial charge is 0.328 e. The first-order valence-corrected chi connectivity index (χ1v) is 3.46. The van der Waals surface area contributed by atoms with Gasteiger partial charge >= 0.3 is 20.3 Å². The predicted octanol–water partition coefficient (Wildman–Crippen LogP) is -2.52. The molecular weight excluding hydrogens is 604 g/mol. The molecule has 0 saturated heterocycles. The van der Waals surface area contributed by atoms with Crippen molar-refractivity contribution in [2.24, 2.45) is 0 Å². The normalized spacial score (nSPS) is 5.76. The first-order chi connectivity index (χ1) is 10.4. The maximum absolute atomic E-state index is 8.47. The van der Waals surface area contributed by atoms with Crippen LogP contribution in [0.25, 0.3) is 0 Å². The van der Waals surface area contributed by atoms with Crippen molar-refractivity contribution in [1.82, 2.24) is 0 Å². The average Bonchev–Trinajstić information content (AvgIpc) is 2.08. The minimum atomic E-state index is -1.50. The van der Waals surface area contributed by atoms with E-state index in [0.717, 1.165) is 0 Å². The standard InChI is InChI=1S/4H2NO3.2HNO3.Th/c6*2-1(3)4;/h4*(H2,2,3,4);2*(H,2,3,4);/q4*+1;;;. The van der Waals surface area contributed by atoms with Crippen LogP contribution in [0.5, 0.6) is 0 Å². The molecular formula is H10N6O18Th+4. The molecule has 0 heterocycles. The molecule has 0 aromatic heterocycles. The summed E-state index contributed by atoms with van der Waals surface area (Å²) in [6, 6.07) is 0. The van der Waals surface area contributed by atoms with Gasteiger partial charge in [0.15, 0.2) is 0 Å². The fraction of sp³-hybridized carbons (Fsp3) is 0. The number of hydrogen-bond acceptors (Lipinski definition) is 8. The fourth-order valence-corrected chi connectivity index (χ4v) is 0. The van der Waals surface area contributed by atoms with E-state index in [1.54, 1.807) is 0 Å². The number of rotatable bonds is 0. The fourth-order valence-electron chi connectivity index (χ4n) is 0. The Bertz CT molecular complexity index is 257. The van der Waals surface area contributed by atoms with Crippen molar-refractivity contribution in [1.29, 1.82) is 0 Å². The largest absolute Gasteiger partial charge is 0.472 e. The van der Waals surface area contributed by atoms with Gasteiger partial charge in [-0.05, 0) is 0 Å². The van der Waals surface area contributed by atoms with Crippen LogP contribution in [0.2, 0.25) is 0 Å². The van der Waals surface area contributed by atoms with Crippen molar-refractivity contribution < 1.29 is 123 Å². The van der Waals surface area contributed by atoms with E-state index >= 15 is 0 Å². The molecule has 0 radical (unpaired) electrons. The van der Waals surface area contributed by atoms with Crippen LogP contribution in [-0.4, -0.2) is 82.6 Å². The van der Waals surface area contributed by atoms with E-state index in [1.807, 2.05) is 0 Å². The van der Waals surface area contributed by atoms with Gasteiger partial charge in [0.2, 0.25) is 0 Å². The summed E-state index contributed by atoms with van der Waals surface area (Å²) in [5.41, 5.74) is 0. The van der Waals surface area contributed by atoms with E-state index < -0.39 is 30.5 Å². The Balaban J connectivity index is -0.0000000309. The van der Waals surface area contributed by atoms with Crippen LogP contribution in [-0.2, 0) is 0 Å². The van der Waals surface area contributed by atoms with E-state index in [0.29, 0.717) is 0 Å². The molecule has 0 rings (SSSR count). The summed E-state index contributed by atoms with van der Waals surface area (Å²) >= 11 is 0. The molecule has 25 heavy (non-hydrogen) atoms. The van der Waals surface area contributed by atoms with Gasteiger partial charge in [-0.2, -0.15) is 0 Å². The zero-order valence-corrected chi connectivity index (χ0v) is 15.0. The number of hydrogen-bond donors (Lipinski definition) is 10. The topological polar surface area (TPSA) is 369 Å². The molecule has 0 atom stereocenters. The van der Waals surface area contributed by atoms with E-state index in [-0.39, 0.29) is 39.9 Å². The van der Waals surface area contributed by atoms with Gasteiger partial charge in [-0.25, -0.2) is 41.7 Å². The maximum atomic E-state index is 8.47. The van der Waals surface area contributed by atoms with Gasteiger partial charge in [-0.15, -0.1) is 20.2 Å². The molecule has 0 saturated carbocycles. The molecule has 25 heteroatoms. The summed E-state index contributed by atoms with van der Waals surface area (Å²) in [6.45, 7) is 0. The summed E-state index contributed by atoms with van der Waals surface area (Å²) in [5.74, 6) is 0. The molecule has 0 amide bonds. The average molecular weight is 614 g/mol. The molecule has 0 bridgehead atoms. The molecule has 0 spiro atoms. The maximum Gasteiger partial charge on any atom is 0.472 e. The van der Waals surface area contributed by atoms with Gasteiger partial charge in [0.1, 0.15) is 19.6 Å². The predicted molar refractivity (Wildman–Crippen MR) is 46.4 cm³/mol. The minimum Gasteiger partial charge on any atom is -0.328 e. The third-order valence-corrected chi connectivity index (χ3v) is 0. The van der Waals surface area contributed by atoms with Crippen LogP contribution in [0.15, 0.2) is 0 Å². The second-order valence-corrected chi connectivity index (χ2v) is 1.49. The Hall–Kier alpha value is -3.48. The van der Waals surface area contributed by atoms with Crippen LogP contribution in [0, 0.1) is 79.8 Å². The van der Waals surface area contributed by atoms with Gasteiger partial charge in [0, 0.05) is 39.9 Å². The Morgan fingerprint density at radius 2 is 0.400 bits per heavy atom. The summed E-state index contributed by atoms with van der Waals surface area (Å²) in [6.07, 6.45) is 0. The quantitative estimate of drug-likeness (QED) is 0.0993. The molecule has 0 aliphatic rings. The van der Waals surface area contributed by atoms with Gasteiger partial charge in [0.25, 0.3) is 10.2 Å². The second kappa shape index (κ2) is 37.1. The molecule has 0 fully saturated rings. The zero-order valence-electron chi connectivity index (χ0n) is 10.9. The van der Waals surface area contributed by atoms with Crippen LogP contribution >= 0.6 is 0 Å². The van der Waals surface area contributed by atoms with Crippen LogP contribution in [0.4, 0.5) is 0 Å². The number of nitrogens with zero attached hydrogens (tertiary/aromatic N) is 6. The van der Waals surface area contributed by atoms with Gasteiger partial charge in [-0.1, -0.05) is 0 Å². The van der Waals surface area contributed by atoms with E-state index in [4.69, 9.17) is 91.9 Å². The van der Waals surface area contributed by atoms with Gasteiger partial charge in [0.05, 0.1) is 0 Å². The van der Waals surface area contributed by atoms with Crippen molar-refractivity contribution in [3.05, 3.63) is 39.9 Å². The molecule has 10 N–H and O–H groups in total. The van der Waals surface area contributed by atoms with Crippen LogP contribution < -0.4 is 0 Å². The van der Waals surface area contributed by atoms with E-state index in [9.17, 15) is 0 Å². The summed E-state index contributed by atoms with van der Waals surface area (Å²) in [7, 11) is 0. The van der Waals surface area contributed by atoms with Crippen LogP contribution in [0.3, 0.4) is 0 Å².